The fraction of sp³-hybridized carbons (Fsp3) is 0.700. The number of methoxy groups -OCH3 is 1. The van der Waals surface area contributed by atoms with Crippen LogP contribution in [0.25, 0.3) is 0 Å². The summed E-state index contributed by atoms with van der Waals surface area (Å²) in [6, 6.07) is -0.397. The van der Waals surface area contributed by atoms with Crippen molar-refractivity contribution >= 4 is 5.97 Å². The van der Waals surface area contributed by atoms with Crippen LogP contribution in [0.4, 0.5) is 0 Å². The van der Waals surface area contributed by atoms with Gasteiger partial charge in [0.25, 0.3) is 0 Å². The van der Waals surface area contributed by atoms with Crippen LogP contribution in [0.5, 0.6) is 0 Å². The number of ether oxygens (including phenoxy) is 1. The molecule has 7 heteroatoms. The highest BCUT2D eigenvalue weighted by atomic mass is 16.5. The number of aryl methyl sites for hydroxylation is 1. The molecule has 17 heavy (non-hydrogen) atoms. The van der Waals surface area contributed by atoms with Crippen molar-refractivity contribution in [2.45, 2.75) is 25.1 Å². The van der Waals surface area contributed by atoms with Gasteiger partial charge in [-0.05, 0) is 0 Å². The van der Waals surface area contributed by atoms with Crippen molar-refractivity contribution in [1.82, 2.24) is 19.7 Å². The molecular weight excluding hydrogens is 224 g/mol. The number of carbonyl (C=O) groups is 1. The van der Waals surface area contributed by atoms with Gasteiger partial charge in [0, 0.05) is 20.0 Å². The third-order valence-corrected chi connectivity index (χ3v) is 3.00. The molecule has 2 rings (SSSR count). The summed E-state index contributed by atoms with van der Waals surface area (Å²) in [5.74, 6) is 0.441. The summed E-state index contributed by atoms with van der Waals surface area (Å²) < 4.78 is 6.52. The van der Waals surface area contributed by atoms with Crippen molar-refractivity contribution in [3.63, 3.8) is 0 Å². The fourth-order valence-corrected chi connectivity index (χ4v) is 2.07. The molecule has 1 aromatic rings. The molecule has 94 valence electrons. The standard InChI is InChI=1S/C10H16N4O3/c1-13-6-11-12-9(13)5-14-4-7(15)3-8(14)10(16)17-2/h6-8,15H,3-5H2,1-2H3. The number of hydrogen-bond acceptors (Lipinski definition) is 6. The number of β-amino-alcohol motifs (C(OH)–C–C–N with tert-alkyl or cyclic N) is 1. The Hall–Kier alpha value is -1.47. The van der Waals surface area contributed by atoms with Gasteiger partial charge in [-0.2, -0.15) is 0 Å². The van der Waals surface area contributed by atoms with Crippen LogP contribution in [0.2, 0.25) is 0 Å². The van der Waals surface area contributed by atoms with Gasteiger partial charge in [-0.25, -0.2) is 0 Å². The van der Waals surface area contributed by atoms with Gasteiger partial charge < -0.3 is 14.4 Å². The first-order valence-electron chi connectivity index (χ1n) is 5.44. The van der Waals surface area contributed by atoms with E-state index in [0.717, 1.165) is 5.82 Å². The molecule has 1 aliphatic rings. The van der Waals surface area contributed by atoms with Gasteiger partial charge in [-0.3, -0.25) is 9.69 Å². The van der Waals surface area contributed by atoms with Crippen LogP contribution < -0.4 is 0 Å². The Morgan fingerprint density at radius 3 is 3.06 bits per heavy atom. The third-order valence-electron chi connectivity index (χ3n) is 3.00. The summed E-state index contributed by atoms with van der Waals surface area (Å²) in [5, 5.41) is 17.4. The molecule has 1 aromatic heterocycles. The average molecular weight is 240 g/mol. The molecule has 0 saturated carbocycles. The van der Waals surface area contributed by atoms with E-state index in [9.17, 15) is 9.90 Å². The van der Waals surface area contributed by atoms with E-state index >= 15 is 0 Å². The zero-order chi connectivity index (χ0) is 12.4. The van der Waals surface area contributed by atoms with Gasteiger partial charge in [-0.15, -0.1) is 10.2 Å². The number of hydrogen-bond donors (Lipinski definition) is 1. The monoisotopic (exact) mass is 240 g/mol. The molecule has 1 aliphatic heterocycles. The molecule has 0 amide bonds. The predicted molar refractivity (Wildman–Crippen MR) is 57.8 cm³/mol. The normalized spacial score (nSPS) is 25.1. The van der Waals surface area contributed by atoms with Crippen LogP contribution in [0, 0.1) is 0 Å². The quantitative estimate of drug-likeness (QED) is 0.677. The van der Waals surface area contributed by atoms with Crippen molar-refractivity contribution < 1.29 is 14.6 Å². The van der Waals surface area contributed by atoms with Gasteiger partial charge in [-0.1, -0.05) is 0 Å². The summed E-state index contributed by atoms with van der Waals surface area (Å²) in [5.41, 5.74) is 0. The number of rotatable bonds is 3. The SMILES string of the molecule is COC(=O)C1CC(O)CN1Cc1nncn1C. The maximum absolute atomic E-state index is 11.6. The molecule has 1 fully saturated rings. The maximum Gasteiger partial charge on any atom is 0.323 e. The third kappa shape index (κ3) is 2.45. The van der Waals surface area contributed by atoms with Crippen LogP contribution in [-0.2, 0) is 23.1 Å². The molecule has 0 aromatic carbocycles. The summed E-state index contributed by atoms with van der Waals surface area (Å²) in [7, 11) is 3.20. The maximum atomic E-state index is 11.6. The van der Waals surface area contributed by atoms with E-state index in [4.69, 9.17) is 4.74 Å². The molecule has 0 bridgehead atoms. The van der Waals surface area contributed by atoms with Gasteiger partial charge >= 0.3 is 5.97 Å². The van der Waals surface area contributed by atoms with Crippen molar-refractivity contribution in [2.75, 3.05) is 13.7 Å². The first-order chi connectivity index (χ1) is 8.11. The average Bonchev–Trinajstić information content (AvgIpc) is 2.86. The molecule has 0 aliphatic carbocycles. The molecular formula is C10H16N4O3. The number of esters is 1. The van der Waals surface area contributed by atoms with E-state index in [2.05, 4.69) is 10.2 Å². The Bertz CT molecular complexity index is 406. The Labute approximate surface area is 99.0 Å². The van der Waals surface area contributed by atoms with Crippen molar-refractivity contribution in [1.29, 1.82) is 0 Å². The smallest absolute Gasteiger partial charge is 0.323 e. The molecule has 0 radical (unpaired) electrons. The summed E-state index contributed by atoms with van der Waals surface area (Å²) in [6.07, 6.45) is 1.52. The summed E-state index contributed by atoms with van der Waals surface area (Å²) in [6.45, 7) is 0.931. The first kappa shape index (κ1) is 12.0. The molecule has 2 atom stereocenters. The fourth-order valence-electron chi connectivity index (χ4n) is 2.07. The second-order valence-electron chi connectivity index (χ2n) is 4.22. The van der Waals surface area contributed by atoms with Crippen molar-refractivity contribution in [3.05, 3.63) is 12.2 Å². The van der Waals surface area contributed by atoms with E-state index < -0.39 is 12.1 Å². The Kier molecular flexibility index (Phi) is 3.39. The first-order valence-corrected chi connectivity index (χ1v) is 5.44. The van der Waals surface area contributed by atoms with E-state index in [-0.39, 0.29) is 5.97 Å². The van der Waals surface area contributed by atoms with Gasteiger partial charge in [0.15, 0.2) is 0 Å². The van der Waals surface area contributed by atoms with E-state index in [1.165, 1.54) is 7.11 Å². The number of aromatic nitrogens is 3. The topological polar surface area (TPSA) is 80.5 Å². The van der Waals surface area contributed by atoms with E-state index in [0.29, 0.717) is 19.5 Å². The minimum Gasteiger partial charge on any atom is -0.468 e. The number of likely N-dealkylation sites (tertiary alicyclic amines) is 1. The lowest BCUT2D eigenvalue weighted by molar-refractivity contribution is -0.146. The van der Waals surface area contributed by atoms with Crippen molar-refractivity contribution in [2.24, 2.45) is 7.05 Å². The second kappa shape index (κ2) is 4.80. The van der Waals surface area contributed by atoms with Gasteiger partial charge in [0.1, 0.15) is 18.2 Å². The largest absolute Gasteiger partial charge is 0.468 e. The minimum atomic E-state index is -0.493. The summed E-state index contributed by atoms with van der Waals surface area (Å²) in [4.78, 5) is 13.4. The second-order valence-corrected chi connectivity index (χ2v) is 4.22. The molecule has 1 N–H and O–H groups in total. The Morgan fingerprint density at radius 2 is 2.47 bits per heavy atom. The van der Waals surface area contributed by atoms with Crippen LogP contribution in [0.15, 0.2) is 6.33 Å². The number of aliphatic hydroxyl groups excluding tert-OH is 1. The molecule has 7 nitrogen and oxygen atoms in total. The molecule has 1 saturated heterocycles. The zero-order valence-corrected chi connectivity index (χ0v) is 9.91. The van der Waals surface area contributed by atoms with Crippen LogP contribution >= 0.6 is 0 Å². The molecule has 2 unspecified atom stereocenters. The highest BCUT2D eigenvalue weighted by molar-refractivity contribution is 5.76. The number of aliphatic hydroxyl groups is 1. The predicted octanol–water partition coefficient (Wildman–Crippen LogP) is -1.08. The highest BCUT2D eigenvalue weighted by Gasteiger charge is 2.37. The van der Waals surface area contributed by atoms with Gasteiger partial charge in [0.2, 0.25) is 0 Å². The summed E-state index contributed by atoms with van der Waals surface area (Å²) >= 11 is 0. The minimum absolute atomic E-state index is 0.316. The van der Waals surface area contributed by atoms with Crippen LogP contribution in [0.1, 0.15) is 12.2 Å². The van der Waals surface area contributed by atoms with E-state index in [1.807, 2.05) is 11.9 Å². The lowest BCUT2D eigenvalue weighted by atomic mass is 10.2. The number of carbonyl (C=O) groups excluding carboxylic acids is 1. The van der Waals surface area contributed by atoms with Gasteiger partial charge in [0.05, 0.1) is 19.8 Å². The number of nitrogens with zero attached hydrogens (tertiary/aromatic N) is 4. The lowest BCUT2D eigenvalue weighted by Crippen LogP contribution is -2.37. The lowest BCUT2D eigenvalue weighted by Gasteiger charge is -2.20. The Morgan fingerprint density at radius 1 is 1.71 bits per heavy atom. The zero-order valence-electron chi connectivity index (χ0n) is 9.91. The van der Waals surface area contributed by atoms with E-state index in [1.54, 1.807) is 10.9 Å². The van der Waals surface area contributed by atoms with Crippen molar-refractivity contribution in [3.8, 4) is 0 Å². The Balaban J connectivity index is 2.08. The van der Waals surface area contributed by atoms with Crippen LogP contribution in [0.3, 0.4) is 0 Å². The molecule has 2 heterocycles. The highest BCUT2D eigenvalue weighted by Crippen LogP contribution is 2.20. The molecule has 0 spiro atoms. The van der Waals surface area contributed by atoms with Crippen LogP contribution in [-0.4, -0.2) is 56.5 Å².